The van der Waals surface area contributed by atoms with Gasteiger partial charge in [0, 0.05) is 25.0 Å². The summed E-state index contributed by atoms with van der Waals surface area (Å²) in [5, 5.41) is 3.63. The highest BCUT2D eigenvalue weighted by atomic mass is 15.0. The molecule has 0 spiro atoms. The molecule has 1 saturated carbocycles. The van der Waals surface area contributed by atoms with Gasteiger partial charge < -0.3 is 9.72 Å². The Morgan fingerprint density at radius 3 is 3.00 bits per heavy atom. The Balaban J connectivity index is 1.62. The molecule has 2 aromatic rings. The molecule has 2 heterocycles. The molecule has 1 N–H and O–H groups in total. The van der Waals surface area contributed by atoms with E-state index in [1.54, 1.807) is 0 Å². The van der Waals surface area contributed by atoms with E-state index in [-0.39, 0.29) is 0 Å². The fourth-order valence-corrected chi connectivity index (χ4v) is 2.96. The van der Waals surface area contributed by atoms with Gasteiger partial charge >= 0.3 is 0 Å². The van der Waals surface area contributed by atoms with Crippen molar-refractivity contribution in [1.29, 1.82) is 0 Å². The number of fused-ring (bicyclic) bond motifs is 1. The molecule has 0 bridgehead atoms. The monoisotopic (exact) mass is 243 g/mol. The van der Waals surface area contributed by atoms with Crippen LogP contribution in [0.2, 0.25) is 0 Å². The lowest BCUT2D eigenvalue weighted by Crippen LogP contribution is -2.31. The maximum Gasteiger partial charge on any atom is 0.137 e. The van der Waals surface area contributed by atoms with Crippen LogP contribution in [-0.4, -0.2) is 15.4 Å². The van der Waals surface area contributed by atoms with Crippen molar-refractivity contribution in [2.75, 3.05) is 0 Å². The summed E-state index contributed by atoms with van der Waals surface area (Å²) in [5.41, 5.74) is 2.16. The second kappa shape index (κ2) is 5.11. The maximum absolute atomic E-state index is 4.61. The van der Waals surface area contributed by atoms with E-state index >= 15 is 0 Å². The number of aromatic nitrogens is 2. The van der Waals surface area contributed by atoms with Crippen LogP contribution in [0.25, 0.3) is 5.65 Å². The number of nitrogens with zero attached hydrogens (tertiary/aromatic N) is 2. The third-order valence-electron chi connectivity index (χ3n) is 4.13. The molecule has 2 aromatic heterocycles. The Kier molecular flexibility index (Phi) is 3.33. The number of rotatable bonds is 4. The average Bonchev–Trinajstić information content (AvgIpc) is 3.04. The van der Waals surface area contributed by atoms with E-state index in [9.17, 15) is 0 Å². The Morgan fingerprint density at radius 1 is 1.39 bits per heavy atom. The van der Waals surface area contributed by atoms with E-state index in [1.165, 1.54) is 25.7 Å². The topological polar surface area (TPSA) is 29.3 Å². The Labute approximate surface area is 108 Å². The molecule has 18 heavy (non-hydrogen) atoms. The standard InChI is InChI=1S/C15H21N3/c1-12(13-6-2-3-7-13)16-10-14-11-18-9-5-4-8-15(18)17-14/h4-5,8-9,11-13,16H,2-3,6-7,10H2,1H3/t12-/m0/s1. The van der Waals surface area contributed by atoms with Crippen molar-refractivity contribution in [3.8, 4) is 0 Å². The molecule has 3 heteroatoms. The van der Waals surface area contributed by atoms with E-state index < -0.39 is 0 Å². The molecule has 3 rings (SSSR count). The summed E-state index contributed by atoms with van der Waals surface area (Å²) in [4.78, 5) is 4.61. The molecule has 1 aliphatic carbocycles. The van der Waals surface area contributed by atoms with Gasteiger partial charge in [0.2, 0.25) is 0 Å². The fourth-order valence-electron chi connectivity index (χ4n) is 2.96. The zero-order chi connectivity index (χ0) is 12.4. The zero-order valence-corrected chi connectivity index (χ0v) is 11.0. The summed E-state index contributed by atoms with van der Waals surface area (Å²) < 4.78 is 2.08. The van der Waals surface area contributed by atoms with Gasteiger partial charge in [0.05, 0.1) is 5.69 Å². The van der Waals surface area contributed by atoms with E-state index in [1.807, 2.05) is 24.4 Å². The molecule has 0 amide bonds. The van der Waals surface area contributed by atoms with Crippen molar-refractivity contribution in [2.24, 2.45) is 5.92 Å². The van der Waals surface area contributed by atoms with E-state index in [4.69, 9.17) is 0 Å². The van der Waals surface area contributed by atoms with Crippen molar-refractivity contribution >= 4 is 5.65 Å². The van der Waals surface area contributed by atoms with Crippen molar-refractivity contribution in [1.82, 2.24) is 14.7 Å². The maximum atomic E-state index is 4.61. The zero-order valence-electron chi connectivity index (χ0n) is 11.0. The van der Waals surface area contributed by atoms with Crippen LogP contribution in [0.15, 0.2) is 30.6 Å². The van der Waals surface area contributed by atoms with Crippen LogP contribution in [-0.2, 0) is 6.54 Å². The molecule has 0 unspecified atom stereocenters. The minimum atomic E-state index is 0.609. The molecule has 0 aromatic carbocycles. The lowest BCUT2D eigenvalue weighted by molar-refractivity contribution is 0.379. The Hall–Kier alpha value is -1.35. The number of pyridine rings is 1. The minimum Gasteiger partial charge on any atom is -0.308 e. The molecule has 96 valence electrons. The molecular formula is C15H21N3. The van der Waals surface area contributed by atoms with Crippen molar-refractivity contribution in [3.05, 3.63) is 36.3 Å². The van der Waals surface area contributed by atoms with Gasteiger partial charge in [0.25, 0.3) is 0 Å². The normalized spacial score (nSPS) is 18.5. The molecule has 1 atom stereocenters. The van der Waals surface area contributed by atoms with Gasteiger partial charge in [0.15, 0.2) is 0 Å². The van der Waals surface area contributed by atoms with Crippen LogP contribution in [0.5, 0.6) is 0 Å². The number of imidazole rings is 1. The summed E-state index contributed by atoms with van der Waals surface area (Å²) in [6.45, 7) is 3.19. The lowest BCUT2D eigenvalue weighted by Gasteiger charge is -2.19. The molecule has 0 saturated heterocycles. The third-order valence-corrected chi connectivity index (χ3v) is 4.13. The van der Waals surface area contributed by atoms with Gasteiger partial charge in [-0.05, 0) is 37.8 Å². The van der Waals surface area contributed by atoms with Crippen molar-refractivity contribution in [3.63, 3.8) is 0 Å². The summed E-state index contributed by atoms with van der Waals surface area (Å²) in [5.74, 6) is 0.863. The molecule has 0 aliphatic heterocycles. The number of hydrogen-bond acceptors (Lipinski definition) is 2. The fraction of sp³-hybridized carbons (Fsp3) is 0.533. The summed E-state index contributed by atoms with van der Waals surface area (Å²) in [7, 11) is 0. The summed E-state index contributed by atoms with van der Waals surface area (Å²) in [6, 6.07) is 6.72. The average molecular weight is 243 g/mol. The van der Waals surface area contributed by atoms with E-state index in [2.05, 4.69) is 27.8 Å². The van der Waals surface area contributed by atoms with Crippen molar-refractivity contribution in [2.45, 2.75) is 45.2 Å². The van der Waals surface area contributed by atoms with Crippen LogP contribution in [0.4, 0.5) is 0 Å². The predicted molar refractivity (Wildman–Crippen MR) is 73.5 cm³/mol. The number of nitrogens with one attached hydrogen (secondary N) is 1. The Bertz CT molecular complexity index is 478. The number of hydrogen-bond donors (Lipinski definition) is 1. The first-order valence-electron chi connectivity index (χ1n) is 6.99. The second-order valence-electron chi connectivity index (χ2n) is 5.41. The van der Waals surface area contributed by atoms with E-state index in [0.29, 0.717) is 6.04 Å². The van der Waals surface area contributed by atoms with Gasteiger partial charge in [0.1, 0.15) is 5.65 Å². The van der Waals surface area contributed by atoms with Gasteiger partial charge in [-0.2, -0.15) is 0 Å². The second-order valence-corrected chi connectivity index (χ2v) is 5.41. The van der Waals surface area contributed by atoms with Crippen LogP contribution in [0, 0.1) is 5.92 Å². The SMILES string of the molecule is C[C@H](NCc1cn2ccccc2n1)C1CCCC1. The smallest absolute Gasteiger partial charge is 0.137 e. The van der Waals surface area contributed by atoms with E-state index in [0.717, 1.165) is 23.8 Å². The summed E-state index contributed by atoms with van der Waals surface area (Å²) >= 11 is 0. The first kappa shape index (κ1) is 11.7. The highest BCUT2D eigenvalue weighted by molar-refractivity contribution is 5.39. The van der Waals surface area contributed by atoms with Crippen LogP contribution in [0.1, 0.15) is 38.3 Å². The highest BCUT2D eigenvalue weighted by Crippen LogP contribution is 2.27. The first-order chi connectivity index (χ1) is 8.83. The predicted octanol–water partition coefficient (Wildman–Crippen LogP) is 3.00. The van der Waals surface area contributed by atoms with Gasteiger partial charge in [-0.1, -0.05) is 18.9 Å². The lowest BCUT2D eigenvalue weighted by atomic mass is 10.00. The molecule has 3 nitrogen and oxygen atoms in total. The molecule has 0 radical (unpaired) electrons. The molecular weight excluding hydrogens is 222 g/mol. The highest BCUT2D eigenvalue weighted by Gasteiger charge is 2.21. The van der Waals surface area contributed by atoms with Gasteiger partial charge in [-0.15, -0.1) is 0 Å². The first-order valence-corrected chi connectivity index (χ1v) is 6.99. The van der Waals surface area contributed by atoms with Crippen LogP contribution in [0.3, 0.4) is 0 Å². The third kappa shape index (κ3) is 2.41. The van der Waals surface area contributed by atoms with Crippen LogP contribution < -0.4 is 5.32 Å². The Morgan fingerprint density at radius 2 is 2.22 bits per heavy atom. The molecule has 1 fully saturated rings. The van der Waals surface area contributed by atoms with Gasteiger partial charge in [-0.25, -0.2) is 4.98 Å². The largest absolute Gasteiger partial charge is 0.308 e. The summed E-state index contributed by atoms with van der Waals surface area (Å²) in [6.07, 6.45) is 9.75. The van der Waals surface area contributed by atoms with Gasteiger partial charge in [-0.3, -0.25) is 0 Å². The quantitative estimate of drug-likeness (QED) is 0.894. The minimum absolute atomic E-state index is 0.609. The molecule has 1 aliphatic rings. The van der Waals surface area contributed by atoms with Crippen molar-refractivity contribution < 1.29 is 0 Å². The van der Waals surface area contributed by atoms with Crippen LogP contribution >= 0.6 is 0 Å².